The highest BCUT2D eigenvalue weighted by Gasteiger charge is 2.18. The smallest absolute Gasteiger partial charge is 0.337 e. The van der Waals surface area contributed by atoms with Crippen LogP contribution >= 0.6 is 23.2 Å². The Bertz CT molecular complexity index is 768. The Morgan fingerprint density at radius 3 is 2.52 bits per heavy atom. The predicted octanol–water partition coefficient (Wildman–Crippen LogP) is 2.03. The van der Waals surface area contributed by atoms with E-state index in [1.807, 2.05) is 0 Å². The fourth-order valence-corrected chi connectivity index (χ4v) is 2.06. The van der Waals surface area contributed by atoms with Gasteiger partial charge >= 0.3 is 5.97 Å². The lowest BCUT2D eigenvalue weighted by molar-refractivity contribution is 0.0698. The van der Waals surface area contributed by atoms with Crippen molar-refractivity contribution in [3.8, 4) is 0 Å². The number of carbonyl (C=O) groups excluding carboxylic acids is 1. The summed E-state index contributed by atoms with van der Waals surface area (Å²) < 4.78 is 0. The van der Waals surface area contributed by atoms with Crippen molar-refractivity contribution >= 4 is 40.8 Å². The quantitative estimate of drug-likeness (QED) is 0.798. The number of amides is 1. The molecule has 7 nitrogen and oxygen atoms in total. The highest BCUT2D eigenvalue weighted by atomic mass is 35.5. The van der Waals surface area contributed by atoms with Crippen LogP contribution < -0.4 is 10.9 Å². The van der Waals surface area contributed by atoms with Gasteiger partial charge in [0.15, 0.2) is 0 Å². The van der Waals surface area contributed by atoms with Crippen molar-refractivity contribution in [3.63, 3.8) is 0 Å². The number of rotatable bonds is 3. The molecule has 9 heteroatoms. The number of benzene rings is 1. The lowest BCUT2D eigenvalue weighted by Crippen LogP contribution is -2.19. The average molecular weight is 328 g/mol. The molecule has 0 aliphatic carbocycles. The third-order valence-corrected chi connectivity index (χ3v) is 2.95. The summed E-state index contributed by atoms with van der Waals surface area (Å²) in [6.07, 6.45) is 0. The molecule has 0 saturated carbocycles. The van der Waals surface area contributed by atoms with E-state index < -0.39 is 17.4 Å². The first-order valence-corrected chi connectivity index (χ1v) is 6.23. The van der Waals surface area contributed by atoms with Crippen molar-refractivity contribution in [3.05, 3.63) is 55.9 Å². The molecule has 0 radical (unpaired) electrons. The van der Waals surface area contributed by atoms with Gasteiger partial charge in [0, 0.05) is 11.1 Å². The molecule has 1 amide bonds. The van der Waals surface area contributed by atoms with Crippen LogP contribution in [0.15, 0.2) is 29.1 Å². The largest absolute Gasteiger partial charge is 0.478 e. The van der Waals surface area contributed by atoms with Crippen molar-refractivity contribution < 1.29 is 14.7 Å². The zero-order valence-corrected chi connectivity index (χ0v) is 11.7. The van der Waals surface area contributed by atoms with Crippen LogP contribution in [0.25, 0.3) is 0 Å². The zero-order valence-electron chi connectivity index (χ0n) is 10.2. The fourth-order valence-electron chi connectivity index (χ4n) is 1.52. The van der Waals surface area contributed by atoms with Crippen LogP contribution in [0, 0.1) is 0 Å². The molecule has 3 N–H and O–H groups in total. The highest BCUT2D eigenvalue weighted by Crippen LogP contribution is 2.30. The topological polar surface area (TPSA) is 112 Å². The maximum atomic E-state index is 12.0. The number of aromatic nitrogens is 2. The number of nitrogens with zero attached hydrogens (tertiary/aromatic N) is 1. The number of anilines is 1. The number of carbonyl (C=O) groups is 2. The van der Waals surface area contributed by atoms with Gasteiger partial charge < -0.3 is 10.4 Å². The van der Waals surface area contributed by atoms with E-state index in [9.17, 15) is 14.4 Å². The number of hydrogen-bond acceptors (Lipinski definition) is 4. The van der Waals surface area contributed by atoms with Gasteiger partial charge in [-0.05, 0) is 18.2 Å². The Balaban J connectivity index is 2.39. The normalized spacial score (nSPS) is 10.2. The summed E-state index contributed by atoms with van der Waals surface area (Å²) >= 11 is 11.6. The molecule has 1 heterocycles. The Kier molecular flexibility index (Phi) is 4.25. The van der Waals surface area contributed by atoms with Crippen LogP contribution in [0.4, 0.5) is 5.69 Å². The fraction of sp³-hybridized carbons (Fsp3) is 0. The van der Waals surface area contributed by atoms with Crippen molar-refractivity contribution in [2.45, 2.75) is 0 Å². The summed E-state index contributed by atoms with van der Waals surface area (Å²) in [5, 5.41) is 17.1. The molecule has 0 fully saturated rings. The van der Waals surface area contributed by atoms with Gasteiger partial charge in [-0.1, -0.05) is 23.2 Å². The molecule has 0 bridgehead atoms. The number of carboxylic acid groups (broad SMARTS) is 1. The Hall–Kier alpha value is -2.38. The highest BCUT2D eigenvalue weighted by molar-refractivity contribution is 6.38. The lowest BCUT2D eigenvalue weighted by atomic mass is 10.1. The molecular weight excluding hydrogens is 321 g/mol. The minimum absolute atomic E-state index is 0.0299. The second-order valence-electron chi connectivity index (χ2n) is 3.88. The zero-order chi connectivity index (χ0) is 15.6. The number of aromatic carboxylic acids is 1. The number of hydrogen-bond donors (Lipinski definition) is 3. The van der Waals surface area contributed by atoms with Gasteiger partial charge in [-0.2, -0.15) is 5.10 Å². The number of carboxylic acids is 1. The van der Waals surface area contributed by atoms with Crippen LogP contribution in [0.3, 0.4) is 0 Å². The Morgan fingerprint density at radius 1 is 1.24 bits per heavy atom. The van der Waals surface area contributed by atoms with Crippen LogP contribution in [-0.4, -0.2) is 27.2 Å². The lowest BCUT2D eigenvalue weighted by Gasteiger charge is -2.10. The van der Waals surface area contributed by atoms with Gasteiger partial charge in [0.25, 0.3) is 11.5 Å². The van der Waals surface area contributed by atoms with E-state index in [0.717, 1.165) is 12.1 Å². The minimum atomic E-state index is -1.30. The summed E-state index contributed by atoms with van der Waals surface area (Å²) in [6, 6.07) is 4.76. The number of H-pyrrole nitrogens is 1. The van der Waals surface area contributed by atoms with Gasteiger partial charge in [-0.15, -0.1) is 0 Å². The summed E-state index contributed by atoms with van der Waals surface area (Å²) in [5.74, 6) is -2.03. The van der Waals surface area contributed by atoms with Gasteiger partial charge in [-0.25, -0.2) is 9.89 Å². The molecule has 21 heavy (non-hydrogen) atoms. The van der Waals surface area contributed by atoms with Crippen LogP contribution in [-0.2, 0) is 0 Å². The SMILES string of the molecule is O=C(Nc1c(Cl)cc(Cl)cc1C(=O)O)c1ccc(=O)[nH]n1. The van der Waals surface area contributed by atoms with E-state index in [1.165, 1.54) is 12.1 Å². The first-order valence-electron chi connectivity index (χ1n) is 5.48. The van der Waals surface area contributed by atoms with Crippen LogP contribution in [0.2, 0.25) is 10.0 Å². The summed E-state index contributed by atoms with van der Waals surface area (Å²) in [6.45, 7) is 0. The molecule has 0 aliphatic rings. The minimum Gasteiger partial charge on any atom is -0.478 e. The Labute approximate surface area is 127 Å². The van der Waals surface area contributed by atoms with Crippen LogP contribution in [0.5, 0.6) is 0 Å². The third-order valence-electron chi connectivity index (χ3n) is 2.44. The molecule has 0 saturated heterocycles. The standard InChI is InChI=1S/C12H7Cl2N3O4/c13-5-3-6(12(20)21)10(7(14)4-5)15-11(19)8-1-2-9(18)17-16-8/h1-4H,(H,15,19)(H,17,18)(H,20,21). The number of halogens is 2. The number of aromatic amines is 1. The maximum absolute atomic E-state index is 12.0. The van der Waals surface area contributed by atoms with E-state index >= 15 is 0 Å². The monoisotopic (exact) mass is 327 g/mol. The van der Waals surface area contributed by atoms with Gasteiger partial charge in [0.05, 0.1) is 16.3 Å². The summed E-state index contributed by atoms with van der Waals surface area (Å²) in [4.78, 5) is 34.0. The molecule has 1 aromatic heterocycles. The first-order chi connectivity index (χ1) is 9.88. The van der Waals surface area contributed by atoms with E-state index in [4.69, 9.17) is 28.3 Å². The molecule has 2 rings (SSSR count). The molecule has 0 spiro atoms. The van der Waals surface area contributed by atoms with Gasteiger partial charge in [0.2, 0.25) is 0 Å². The third kappa shape index (κ3) is 3.39. The second kappa shape index (κ2) is 5.94. The van der Waals surface area contributed by atoms with Gasteiger partial charge in [0.1, 0.15) is 5.69 Å². The van der Waals surface area contributed by atoms with E-state index in [1.54, 1.807) is 0 Å². The predicted molar refractivity (Wildman–Crippen MR) is 76.2 cm³/mol. The summed E-state index contributed by atoms with van der Waals surface area (Å²) in [5.41, 5.74) is -0.934. The molecule has 108 valence electrons. The molecule has 0 unspecified atom stereocenters. The van der Waals surface area contributed by atoms with E-state index in [0.29, 0.717) is 0 Å². The molecule has 0 aliphatic heterocycles. The summed E-state index contributed by atoms with van der Waals surface area (Å²) in [7, 11) is 0. The molecule has 1 aromatic carbocycles. The maximum Gasteiger partial charge on any atom is 0.337 e. The van der Waals surface area contributed by atoms with Crippen molar-refractivity contribution in [1.29, 1.82) is 0 Å². The van der Waals surface area contributed by atoms with Crippen molar-refractivity contribution in [2.24, 2.45) is 0 Å². The van der Waals surface area contributed by atoms with E-state index in [-0.39, 0.29) is 27.0 Å². The second-order valence-corrected chi connectivity index (χ2v) is 4.72. The first kappa shape index (κ1) is 15.0. The van der Waals surface area contributed by atoms with Crippen molar-refractivity contribution in [2.75, 3.05) is 5.32 Å². The number of nitrogens with one attached hydrogen (secondary N) is 2. The molecular formula is C12H7Cl2N3O4. The van der Waals surface area contributed by atoms with Crippen molar-refractivity contribution in [1.82, 2.24) is 10.2 Å². The molecule has 2 aromatic rings. The average Bonchev–Trinajstić information content (AvgIpc) is 2.41. The van der Waals surface area contributed by atoms with Gasteiger partial charge in [-0.3, -0.25) is 9.59 Å². The molecule has 0 atom stereocenters. The Morgan fingerprint density at radius 2 is 1.95 bits per heavy atom. The van der Waals surface area contributed by atoms with E-state index in [2.05, 4.69) is 15.5 Å². The van der Waals surface area contributed by atoms with Crippen LogP contribution in [0.1, 0.15) is 20.8 Å².